The summed E-state index contributed by atoms with van der Waals surface area (Å²) in [4.78, 5) is 11.6. The van der Waals surface area contributed by atoms with Crippen LogP contribution in [-0.4, -0.2) is 19.0 Å². The van der Waals surface area contributed by atoms with Crippen molar-refractivity contribution in [2.75, 3.05) is 18.1 Å². The summed E-state index contributed by atoms with van der Waals surface area (Å²) in [5, 5.41) is 6.05. The lowest BCUT2D eigenvalue weighted by Crippen LogP contribution is -2.31. The molecule has 98 valence electrons. The average Bonchev–Trinajstić information content (AvgIpc) is 2.28. The third-order valence-electron chi connectivity index (χ3n) is 3.78. The second-order valence-corrected chi connectivity index (χ2v) is 5.01. The van der Waals surface area contributed by atoms with Gasteiger partial charge >= 0.3 is 0 Å². The van der Waals surface area contributed by atoms with Gasteiger partial charge in [0, 0.05) is 18.7 Å². The van der Waals surface area contributed by atoms with E-state index >= 15 is 0 Å². The quantitative estimate of drug-likeness (QED) is 0.715. The Balaban J connectivity index is 2.12. The molecule has 1 aromatic rings. The van der Waals surface area contributed by atoms with E-state index in [1.54, 1.807) is 19.2 Å². The molecular weight excluding hydrogens is 226 g/mol. The van der Waals surface area contributed by atoms with Gasteiger partial charge in [-0.15, -0.1) is 0 Å². The molecule has 0 saturated heterocycles. The molecule has 1 aromatic carbocycles. The van der Waals surface area contributed by atoms with Crippen LogP contribution in [0.5, 0.6) is 0 Å². The maximum Gasteiger partial charge on any atom is 0.251 e. The third kappa shape index (κ3) is 2.58. The number of carbonyl (C=O) groups excluding carboxylic acids is 1. The van der Waals surface area contributed by atoms with E-state index in [9.17, 15) is 4.79 Å². The van der Waals surface area contributed by atoms with Crippen molar-refractivity contribution < 1.29 is 4.79 Å². The first-order valence-corrected chi connectivity index (χ1v) is 6.50. The molecule has 4 N–H and O–H groups in total. The molecule has 4 heteroatoms. The maximum absolute atomic E-state index is 11.6. The zero-order chi connectivity index (χ0) is 13.1. The van der Waals surface area contributed by atoms with Gasteiger partial charge < -0.3 is 16.4 Å². The minimum absolute atomic E-state index is 0.0886. The summed E-state index contributed by atoms with van der Waals surface area (Å²) in [6.45, 7) is 2.18. The predicted octanol–water partition coefficient (Wildman–Crippen LogP) is 2.23. The van der Waals surface area contributed by atoms with Crippen molar-refractivity contribution in [1.29, 1.82) is 0 Å². The molecule has 2 rings (SSSR count). The van der Waals surface area contributed by atoms with Crippen molar-refractivity contribution >= 4 is 17.3 Å². The second-order valence-electron chi connectivity index (χ2n) is 5.01. The van der Waals surface area contributed by atoms with Crippen molar-refractivity contribution in [3.63, 3.8) is 0 Å². The molecule has 1 amide bonds. The Morgan fingerprint density at radius 1 is 1.44 bits per heavy atom. The van der Waals surface area contributed by atoms with E-state index in [1.165, 1.54) is 19.3 Å². The topological polar surface area (TPSA) is 67.2 Å². The summed E-state index contributed by atoms with van der Waals surface area (Å²) in [5.74, 6) is 0.641. The predicted molar refractivity (Wildman–Crippen MR) is 74.7 cm³/mol. The van der Waals surface area contributed by atoms with Crippen LogP contribution in [0.1, 0.15) is 36.5 Å². The van der Waals surface area contributed by atoms with Crippen molar-refractivity contribution in [3.05, 3.63) is 23.8 Å². The molecule has 1 atom stereocenters. The van der Waals surface area contributed by atoms with Crippen LogP contribution in [0.3, 0.4) is 0 Å². The average molecular weight is 247 g/mol. The largest absolute Gasteiger partial charge is 0.397 e. The summed E-state index contributed by atoms with van der Waals surface area (Å²) in [6, 6.07) is 5.75. The number of benzene rings is 1. The number of carbonyl (C=O) groups is 1. The molecule has 1 saturated carbocycles. The van der Waals surface area contributed by atoms with Crippen LogP contribution >= 0.6 is 0 Å². The monoisotopic (exact) mass is 247 g/mol. The lowest BCUT2D eigenvalue weighted by Gasteiger charge is -2.32. The van der Waals surface area contributed by atoms with E-state index in [2.05, 4.69) is 17.6 Å². The van der Waals surface area contributed by atoms with Gasteiger partial charge in [0.25, 0.3) is 5.91 Å². The number of amides is 1. The molecule has 1 aliphatic carbocycles. The third-order valence-corrected chi connectivity index (χ3v) is 3.78. The molecule has 1 aliphatic rings. The molecule has 4 nitrogen and oxygen atoms in total. The first-order chi connectivity index (χ1) is 8.61. The van der Waals surface area contributed by atoms with Crippen LogP contribution in [0.4, 0.5) is 11.4 Å². The molecular formula is C14H21N3O. The minimum atomic E-state index is -0.0886. The fraction of sp³-hybridized carbons (Fsp3) is 0.500. The van der Waals surface area contributed by atoms with E-state index in [-0.39, 0.29) is 5.91 Å². The number of rotatable bonds is 4. The van der Waals surface area contributed by atoms with Crippen LogP contribution in [0.2, 0.25) is 0 Å². The lowest BCUT2D eigenvalue weighted by atomic mass is 9.80. The molecule has 0 heterocycles. The summed E-state index contributed by atoms with van der Waals surface area (Å²) >= 11 is 0. The Morgan fingerprint density at radius 2 is 2.17 bits per heavy atom. The Morgan fingerprint density at radius 3 is 2.72 bits per heavy atom. The molecule has 0 aromatic heterocycles. The van der Waals surface area contributed by atoms with Gasteiger partial charge in [0.15, 0.2) is 0 Å². The lowest BCUT2D eigenvalue weighted by molar-refractivity contribution is 0.0963. The zero-order valence-electron chi connectivity index (χ0n) is 11.0. The van der Waals surface area contributed by atoms with Crippen molar-refractivity contribution in [3.8, 4) is 0 Å². The van der Waals surface area contributed by atoms with Crippen molar-refractivity contribution in [1.82, 2.24) is 5.32 Å². The van der Waals surface area contributed by atoms with Gasteiger partial charge in [-0.25, -0.2) is 0 Å². The summed E-state index contributed by atoms with van der Waals surface area (Å²) in [5.41, 5.74) is 8.12. The highest BCUT2D eigenvalue weighted by Gasteiger charge is 2.24. The zero-order valence-corrected chi connectivity index (χ0v) is 11.0. The number of nitrogens with one attached hydrogen (secondary N) is 2. The molecule has 0 radical (unpaired) electrons. The number of hydrogen-bond acceptors (Lipinski definition) is 3. The first kappa shape index (κ1) is 12.7. The Hall–Kier alpha value is -1.71. The smallest absolute Gasteiger partial charge is 0.251 e. The van der Waals surface area contributed by atoms with Crippen LogP contribution in [0.25, 0.3) is 0 Å². The molecule has 1 unspecified atom stereocenters. The first-order valence-electron chi connectivity index (χ1n) is 6.50. The van der Waals surface area contributed by atoms with E-state index in [4.69, 9.17) is 5.73 Å². The number of nitrogens with two attached hydrogens (primary N) is 1. The van der Waals surface area contributed by atoms with E-state index in [0.29, 0.717) is 17.3 Å². The Kier molecular flexibility index (Phi) is 3.75. The minimum Gasteiger partial charge on any atom is -0.397 e. The van der Waals surface area contributed by atoms with Gasteiger partial charge in [0.1, 0.15) is 0 Å². The number of nitrogen functional groups attached to an aromatic ring is 1. The maximum atomic E-state index is 11.6. The highest BCUT2D eigenvalue weighted by Crippen LogP contribution is 2.32. The second kappa shape index (κ2) is 5.29. The van der Waals surface area contributed by atoms with Gasteiger partial charge in [-0.2, -0.15) is 0 Å². The SMILES string of the molecule is CNC(=O)c1ccc(N)c(NC(C)C2CCC2)c1. The molecule has 18 heavy (non-hydrogen) atoms. The normalized spacial score (nSPS) is 16.8. The highest BCUT2D eigenvalue weighted by molar-refractivity contribution is 5.96. The molecule has 0 aliphatic heterocycles. The van der Waals surface area contributed by atoms with E-state index in [0.717, 1.165) is 11.6 Å². The summed E-state index contributed by atoms with van der Waals surface area (Å²) in [7, 11) is 1.63. The summed E-state index contributed by atoms with van der Waals surface area (Å²) < 4.78 is 0. The number of hydrogen-bond donors (Lipinski definition) is 3. The molecule has 1 fully saturated rings. The number of anilines is 2. The van der Waals surface area contributed by atoms with E-state index in [1.807, 2.05) is 6.07 Å². The van der Waals surface area contributed by atoms with E-state index < -0.39 is 0 Å². The van der Waals surface area contributed by atoms with Gasteiger partial charge in [-0.3, -0.25) is 4.79 Å². The van der Waals surface area contributed by atoms with Gasteiger partial charge in [-0.05, 0) is 43.9 Å². The molecule has 0 spiro atoms. The van der Waals surface area contributed by atoms with Gasteiger partial charge in [-0.1, -0.05) is 6.42 Å². The van der Waals surface area contributed by atoms with Gasteiger partial charge in [0.05, 0.1) is 11.4 Å². The standard InChI is InChI=1S/C14H21N3O/c1-9(10-4-3-5-10)17-13-8-11(14(18)16-2)6-7-12(13)15/h6-10,17H,3-5,15H2,1-2H3,(H,16,18). The van der Waals surface area contributed by atoms with Crippen LogP contribution in [0, 0.1) is 5.92 Å². The Bertz CT molecular complexity index is 441. The van der Waals surface area contributed by atoms with Crippen molar-refractivity contribution in [2.24, 2.45) is 5.92 Å². The van der Waals surface area contributed by atoms with Crippen LogP contribution in [0.15, 0.2) is 18.2 Å². The fourth-order valence-corrected chi connectivity index (χ4v) is 2.27. The van der Waals surface area contributed by atoms with Crippen LogP contribution in [-0.2, 0) is 0 Å². The molecule has 0 bridgehead atoms. The van der Waals surface area contributed by atoms with Crippen molar-refractivity contribution in [2.45, 2.75) is 32.2 Å². The van der Waals surface area contributed by atoms with Crippen LogP contribution < -0.4 is 16.4 Å². The summed E-state index contributed by atoms with van der Waals surface area (Å²) in [6.07, 6.45) is 3.89. The Labute approximate surface area is 108 Å². The van der Waals surface area contributed by atoms with Gasteiger partial charge in [0.2, 0.25) is 0 Å². The highest BCUT2D eigenvalue weighted by atomic mass is 16.1. The fourth-order valence-electron chi connectivity index (χ4n) is 2.27.